The van der Waals surface area contributed by atoms with Crippen LogP contribution in [0.5, 0.6) is 0 Å². The second kappa shape index (κ2) is 6.46. The molecule has 4 nitrogen and oxygen atoms in total. The van der Waals surface area contributed by atoms with Crippen LogP contribution in [0.2, 0.25) is 10.0 Å². The number of fused-ring (bicyclic) bond motifs is 1. The van der Waals surface area contributed by atoms with Crippen molar-refractivity contribution in [1.29, 1.82) is 0 Å². The molecule has 3 N–H and O–H groups in total. The zero-order valence-corrected chi connectivity index (χ0v) is 15.9. The van der Waals surface area contributed by atoms with Crippen LogP contribution in [0, 0.1) is 12.7 Å². The Balaban J connectivity index is 2.00. The molecule has 0 fully saturated rings. The third-order valence-corrected chi connectivity index (χ3v) is 5.53. The highest BCUT2D eigenvalue weighted by molar-refractivity contribution is 7.15. The molecule has 0 aliphatic carbocycles. The van der Waals surface area contributed by atoms with Crippen molar-refractivity contribution in [1.82, 2.24) is 9.38 Å². The van der Waals surface area contributed by atoms with E-state index in [0.29, 0.717) is 33.0 Å². The van der Waals surface area contributed by atoms with E-state index in [0.717, 1.165) is 5.56 Å². The average molecular weight is 407 g/mol. The van der Waals surface area contributed by atoms with E-state index in [1.807, 2.05) is 19.1 Å². The molecule has 0 bridgehead atoms. The summed E-state index contributed by atoms with van der Waals surface area (Å²) in [6.07, 6.45) is 0. The van der Waals surface area contributed by atoms with Gasteiger partial charge in [0, 0.05) is 5.38 Å². The summed E-state index contributed by atoms with van der Waals surface area (Å²) in [5, 5.41) is 5.87. The van der Waals surface area contributed by atoms with Crippen molar-refractivity contribution in [3.8, 4) is 11.3 Å². The topological polar surface area (TPSA) is 55.3 Å². The Kier molecular flexibility index (Phi) is 4.26. The lowest BCUT2D eigenvalue weighted by molar-refractivity contribution is 0.631. The fourth-order valence-corrected chi connectivity index (χ4v) is 4.11. The average Bonchev–Trinajstić information content (AvgIpc) is 3.12. The first-order valence-electron chi connectivity index (χ1n) is 7.69. The van der Waals surface area contributed by atoms with Crippen molar-refractivity contribution in [3.63, 3.8) is 0 Å². The molecule has 0 radical (unpaired) electrons. The highest BCUT2D eigenvalue weighted by atomic mass is 35.5. The Morgan fingerprint density at radius 1 is 1.15 bits per heavy atom. The molecule has 0 aliphatic rings. The summed E-state index contributed by atoms with van der Waals surface area (Å²) in [7, 11) is 0. The van der Waals surface area contributed by atoms with Crippen molar-refractivity contribution in [2.45, 2.75) is 6.92 Å². The molecule has 4 rings (SSSR count). The van der Waals surface area contributed by atoms with Gasteiger partial charge in [-0.2, -0.15) is 0 Å². The molecule has 0 saturated heterocycles. The smallest absolute Gasteiger partial charge is 0.197 e. The summed E-state index contributed by atoms with van der Waals surface area (Å²) < 4.78 is 16.3. The lowest BCUT2D eigenvalue weighted by Crippen LogP contribution is -2.02. The van der Waals surface area contributed by atoms with Gasteiger partial charge in [-0.15, -0.1) is 11.3 Å². The highest BCUT2D eigenvalue weighted by Crippen LogP contribution is 2.40. The molecular formula is C18H13Cl2FN4S. The van der Waals surface area contributed by atoms with E-state index in [1.54, 1.807) is 28.0 Å². The van der Waals surface area contributed by atoms with Crippen molar-refractivity contribution in [2.75, 3.05) is 11.1 Å². The van der Waals surface area contributed by atoms with E-state index in [1.165, 1.54) is 17.4 Å². The van der Waals surface area contributed by atoms with Gasteiger partial charge in [-0.1, -0.05) is 41.4 Å². The van der Waals surface area contributed by atoms with Crippen molar-refractivity contribution in [2.24, 2.45) is 0 Å². The van der Waals surface area contributed by atoms with Gasteiger partial charge in [0.15, 0.2) is 4.96 Å². The Labute approximate surface area is 163 Å². The van der Waals surface area contributed by atoms with Gasteiger partial charge in [0.1, 0.15) is 23.1 Å². The van der Waals surface area contributed by atoms with Crippen LogP contribution in [-0.2, 0) is 0 Å². The van der Waals surface area contributed by atoms with Crippen molar-refractivity contribution in [3.05, 3.63) is 63.2 Å². The monoisotopic (exact) mass is 406 g/mol. The lowest BCUT2D eigenvalue weighted by atomic mass is 10.1. The molecule has 0 saturated carbocycles. The van der Waals surface area contributed by atoms with Crippen LogP contribution < -0.4 is 11.1 Å². The van der Waals surface area contributed by atoms with Crippen LogP contribution in [0.15, 0.2) is 41.8 Å². The maximum Gasteiger partial charge on any atom is 0.197 e. The number of hydrogen-bond donors (Lipinski definition) is 2. The third-order valence-electron chi connectivity index (χ3n) is 4.05. The van der Waals surface area contributed by atoms with Gasteiger partial charge in [-0.3, -0.25) is 4.40 Å². The Bertz CT molecular complexity index is 1100. The number of nitrogens with zero attached hydrogens (tertiary/aromatic N) is 2. The Morgan fingerprint density at radius 2 is 1.88 bits per heavy atom. The van der Waals surface area contributed by atoms with E-state index in [4.69, 9.17) is 28.9 Å². The summed E-state index contributed by atoms with van der Waals surface area (Å²) in [5.74, 6) is 0.547. The van der Waals surface area contributed by atoms with E-state index in [2.05, 4.69) is 10.3 Å². The summed E-state index contributed by atoms with van der Waals surface area (Å²) in [4.78, 5) is 5.18. The second-order valence-electron chi connectivity index (χ2n) is 5.74. The minimum atomic E-state index is -0.458. The minimum absolute atomic E-state index is 0.219. The lowest BCUT2D eigenvalue weighted by Gasteiger charge is -2.13. The predicted molar refractivity (Wildman–Crippen MR) is 107 cm³/mol. The van der Waals surface area contributed by atoms with Crippen LogP contribution in [0.1, 0.15) is 5.56 Å². The second-order valence-corrected chi connectivity index (χ2v) is 7.39. The van der Waals surface area contributed by atoms with E-state index < -0.39 is 5.82 Å². The number of imidazole rings is 1. The third kappa shape index (κ3) is 2.70. The van der Waals surface area contributed by atoms with Crippen LogP contribution in [-0.4, -0.2) is 9.38 Å². The maximum atomic E-state index is 14.5. The van der Waals surface area contributed by atoms with E-state index in [-0.39, 0.29) is 10.6 Å². The van der Waals surface area contributed by atoms with Gasteiger partial charge in [0.2, 0.25) is 0 Å². The van der Waals surface area contributed by atoms with Gasteiger partial charge in [-0.25, -0.2) is 9.37 Å². The molecule has 2 aromatic heterocycles. The molecule has 0 atom stereocenters. The van der Waals surface area contributed by atoms with Crippen LogP contribution in [0.3, 0.4) is 0 Å². The quantitative estimate of drug-likeness (QED) is 0.429. The number of para-hydroxylation sites is 1. The fourth-order valence-electron chi connectivity index (χ4n) is 2.81. The van der Waals surface area contributed by atoms with Gasteiger partial charge >= 0.3 is 0 Å². The molecule has 2 aromatic carbocycles. The van der Waals surface area contributed by atoms with E-state index >= 15 is 0 Å². The van der Waals surface area contributed by atoms with E-state index in [9.17, 15) is 4.39 Å². The first-order chi connectivity index (χ1) is 12.5. The van der Waals surface area contributed by atoms with Crippen molar-refractivity contribution >= 4 is 56.8 Å². The number of anilines is 3. The number of benzene rings is 2. The SMILES string of the molecule is Cc1cccc(Cl)c1Nc1c(-c2c(F)cccc2Cl)nc2scc(N)n12. The standard InChI is InChI=1S/C18H13Cl2FN4S/c1-9-4-2-6-11(20)15(9)23-17-16(14-10(19)5-3-7-12(14)21)24-18-25(17)13(22)8-26-18/h2-8,23H,22H2,1H3. The number of halogens is 3. The normalized spacial score (nSPS) is 11.2. The number of aryl methyl sites for hydroxylation is 1. The minimum Gasteiger partial charge on any atom is -0.384 e. The molecular weight excluding hydrogens is 394 g/mol. The van der Waals surface area contributed by atoms with Gasteiger partial charge < -0.3 is 11.1 Å². The predicted octanol–water partition coefficient (Wildman–Crippen LogP) is 6.14. The zero-order chi connectivity index (χ0) is 18.4. The van der Waals surface area contributed by atoms with Gasteiger partial charge in [-0.05, 0) is 30.7 Å². The number of nitrogen functional groups attached to an aromatic ring is 1. The molecule has 132 valence electrons. The number of aromatic nitrogens is 2. The number of nitrogens with two attached hydrogens (primary N) is 1. The molecule has 2 heterocycles. The van der Waals surface area contributed by atoms with Gasteiger partial charge in [0.05, 0.1) is 21.3 Å². The Hall–Kier alpha value is -2.28. The number of hydrogen-bond acceptors (Lipinski definition) is 4. The molecule has 0 aliphatic heterocycles. The summed E-state index contributed by atoms with van der Waals surface area (Å²) in [6, 6.07) is 10.1. The molecule has 0 unspecified atom stereocenters. The summed E-state index contributed by atoms with van der Waals surface area (Å²) >= 11 is 14.0. The molecule has 0 spiro atoms. The summed E-state index contributed by atoms with van der Waals surface area (Å²) in [5.41, 5.74) is 8.35. The number of nitrogens with one attached hydrogen (secondary N) is 1. The maximum absolute atomic E-state index is 14.5. The summed E-state index contributed by atoms with van der Waals surface area (Å²) in [6.45, 7) is 1.93. The number of thiazole rings is 1. The van der Waals surface area contributed by atoms with Crippen LogP contribution in [0.25, 0.3) is 16.2 Å². The van der Waals surface area contributed by atoms with Crippen molar-refractivity contribution < 1.29 is 4.39 Å². The number of rotatable bonds is 3. The van der Waals surface area contributed by atoms with Gasteiger partial charge in [0.25, 0.3) is 0 Å². The first kappa shape index (κ1) is 17.1. The highest BCUT2D eigenvalue weighted by Gasteiger charge is 2.23. The molecule has 0 amide bonds. The first-order valence-corrected chi connectivity index (χ1v) is 9.33. The molecule has 4 aromatic rings. The molecule has 8 heteroatoms. The largest absolute Gasteiger partial charge is 0.384 e. The fraction of sp³-hybridized carbons (Fsp3) is 0.0556. The van der Waals surface area contributed by atoms with Crippen LogP contribution >= 0.6 is 34.5 Å². The van der Waals surface area contributed by atoms with Crippen LogP contribution in [0.4, 0.5) is 21.7 Å². The zero-order valence-electron chi connectivity index (χ0n) is 13.6. The molecule has 26 heavy (non-hydrogen) atoms. The Morgan fingerprint density at radius 3 is 2.62 bits per heavy atom.